The van der Waals surface area contributed by atoms with E-state index in [-0.39, 0.29) is 17.3 Å². The topological polar surface area (TPSA) is 55.4 Å². The molecule has 1 atom stereocenters. The van der Waals surface area contributed by atoms with Gasteiger partial charge in [-0.25, -0.2) is 4.79 Å². The van der Waals surface area contributed by atoms with Crippen LogP contribution in [0, 0.1) is 11.3 Å². The molecule has 0 radical (unpaired) electrons. The van der Waals surface area contributed by atoms with Gasteiger partial charge in [-0.05, 0) is 49.5 Å². The van der Waals surface area contributed by atoms with E-state index in [1.54, 1.807) is 6.92 Å². The summed E-state index contributed by atoms with van der Waals surface area (Å²) in [5.74, 6) is -0.0185. The van der Waals surface area contributed by atoms with Gasteiger partial charge in [0.2, 0.25) is 5.91 Å². The van der Waals surface area contributed by atoms with Gasteiger partial charge in [-0.2, -0.15) is 0 Å². The van der Waals surface area contributed by atoms with Crippen LogP contribution in [0.5, 0.6) is 0 Å². The Morgan fingerprint density at radius 1 is 1.29 bits per heavy atom. The normalized spacial score (nSPS) is 15.0. The van der Waals surface area contributed by atoms with Crippen LogP contribution in [0.15, 0.2) is 0 Å². The first-order chi connectivity index (χ1) is 11.2. The van der Waals surface area contributed by atoms with Crippen molar-refractivity contribution in [2.24, 2.45) is 11.3 Å². The number of hydrogen-bond donors (Lipinski definition) is 1. The Labute approximate surface area is 149 Å². The maximum Gasteiger partial charge on any atom is 0.341 e. The highest BCUT2D eigenvalue weighted by atomic mass is 32.1. The third-order valence-corrected chi connectivity index (χ3v) is 5.36. The van der Waals surface area contributed by atoms with Crippen molar-refractivity contribution in [2.45, 2.75) is 66.7 Å². The summed E-state index contributed by atoms with van der Waals surface area (Å²) in [6.07, 6.45) is 4.43. The molecular weight excluding hydrogens is 322 g/mol. The van der Waals surface area contributed by atoms with Gasteiger partial charge in [0.05, 0.1) is 12.2 Å². The minimum absolute atomic E-state index is 0.0165. The van der Waals surface area contributed by atoms with Gasteiger partial charge in [0.15, 0.2) is 0 Å². The molecule has 1 heterocycles. The first-order valence-electron chi connectivity index (χ1n) is 8.82. The van der Waals surface area contributed by atoms with Crippen LogP contribution in [-0.4, -0.2) is 18.5 Å². The van der Waals surface area contributed by atoms with Crippen molar-refractivity contribution in [1.29, 1.82) is 0 Å². The molecule has 1 aromatic rings. The van der Waals surface area contributed by atoms with Gasteiger partial charge in [0, 0.05) is 11.3 Å². The van der Waals surface area contributed by atoms with Crippen LogP contribution in [0.4, 0.5) is 5.00 Å². The van der Waals surface area contributed by atoms with E-state index in [4.69, 9.17) is 4.74 Å². The molecule has 134 valence electrons. The van der Waals surface area contributed by atoms with E-state index in [1.807, 2.05) is 0 Å². The van der Waals surface area contributed by atoms with Crippen LogP contribution in [0.3, 0.4) is 0 Å². The van der Waals surface area contributed by atoms with Gasteiger partial charge in [-0.3, -0.25) is 4.79 Å². The van der Waals surface area contributed by atoms with Crippen LogP contribution in [0.2, 0.25) is 0 Å². The Kier molecular flexibility index (Phi) is 6.07. The molecule has 1 aromatic heterocycles. The molecule has 5 heteroatoms. The third kappa shape index (κ3) is 4.82. The second-order valence-corrected chi connectivity index (χ2v) is 9.01. The maximum atomic E-state index is 12.4. The van der Waals surface area contributed by atoms with E-state index < -0.39 is 0 Å². The van der Waals surface area contributed by atoms with E-state index in [1.165, 1.54) is 16.2 Å². The number of hydrogen-bond acceptors (Lipinski definition) is 4. The lowest BCUT2D eigenvalue weighted by Crippen LogP contribution is -2.19. The average Bonchev–Trinajstić information content (AvgIpc) is 2.95. The Morgan fingerprint density at radius 2 is 2.00 bits per heavy atom. The van der Waals surface area contributed by atoms with Crippen molar-refractivity contribution < 1.29 is 14.3 Å². The fourth-order valence-corrected chi connectivity index (χ4v) is 4.82. The first-order valence-corrected chi connectivity index (χ1v) is 9.64. The monoisotopic (exact) mass is 351 g/mol. The second kappa shape index (κ2) is 7.68. The molecule has 0 spiro atoms. The summed E-state index contributed by atoms with van der Waals surface area (Å²) in [7, 11) is 0. The number of ether oxygens (including phenoxy) is 1. The summed E-state index contributed by atoms with van der Waals surface area (Å²) in [5.41, 5.74) is 1.88. The van der Waals surface area contributed by atoms with E-state index in [0.29, 0.717) is 29.5 Å². The molecule has 0 saturated heterocycles. The number of aryl methyl sites for hydroxylation is 1. The van der Waals surface area contributed by atoms with Gasteiger partial charge in [0.25, 0.3) is 0 Å². The highest BCUT2D eigenvalue weighted by Crippen LogP contribution is 2.39. The molecular formula is C19H29NO3S. The highest BCUT2D eigenvalue weighted by Gasteiger charge is 2.28. The summed E-state index contributed by atoms with van der Waals surface area (Å²) in [6.45, 7) is 10.8. The van der Waals surface area contributed by atoms with Gasteiger partial charge in [0.1, 0.15) is 5.00 Å². The molecule has 2 rings (SSSR count). The zero-order chi connectivity index (χ0) is 17.9. The summed E-state index contributed by atoms with van der Waals surface area (Å²) >= 11 is 1.54. The van der Waals surface area contributed by atoms with Crippen LogP contribution < -0.4 is 5.32 Å². The van der Waals surface area contributed by atoms with E-state index >= 15 is 0 Å². The van der Waals surface area contributed by atoms with E-state index in [0.717, 1.165) is 31.2 Å². The molecule has 1 amide bonds. The quantitative estimate of drug-likeness (QED) is 0.748. The van der Waals surface area contributed by atoms with Crippen LogP contribution in [0.1, 0.15) is 74.7 Å². The second-order valence-electron chi connectivity index (χ2n) is 7.90. The molecule has 0 saturated carbocycles. The summed E-state index contributed by atoms with van der Waals surface area (Å²) in [6, 6.07) is 0. The zero-order valence-electron chi connectivity index (χ0n) is 15.5. The Hall–Kier alpha value is -1.36. The van der Waals surface area contributed by atoms with Crippen molar-refractivity contribution in [3.63, 3.8) is 0 Å². The largest absolute Gasteiger partial charge is 0.462 e. The predicted molar refractivity (Wildman–Crippen MR) is 98.8 cm³/mol. The van der Waals surface area contributed by atoms with Crippen molar-refractivity contribution in [3.8, 4) is 0 Å². The van der Waals surface area contributed by atoms with Gasteiger partial charge < -0.3 is 10.1 Å². The fraction of sp³-hybridized carbons (Fsp3) is 0.684. The smallest absolute Gasteiger partial charge is 0.341 e. The number of carbonyl (C=O) groups excluding carboxylic acids is 2. The van der Waals surface area contributed by atoms with Crippen molar-refractivity contribution in [2.75, 3.05) is 11.9 Å². The predicted octanol–water partition coefficient (Wildman–Crippen LogP) is 4.81. The number of nitrogens with one attached hydrogen (secondary N) is 1. The van der Waals surface area contributed by atoms with Gasteiger partial charge in [-0.15, -0.1) is 11.3 Å². The van der Waals surface area contributed by atoms with Gasteiger partial charge in [-0.1, -0.05) is 27.7 Å². The van der Waals surface area contributed by atoms with E-state index in [9.17, 15) is 9.59 Å². The summed E-state index contributed by atoms with van der Waals surface area (Å²) in [4.78, 5) is 25.9. The third-order valence-electron chi connectivity index (χ3n) is 4.15. The number of amides is 1. The number of thiophene rings is 1. The molecule has 1 N–H and O–H groups in total. The molecule has 1 aliphatic rings. The number of fused-ring (bicyclic) bond motifs is 1. The molecule has 4 nitrogen and oxygen atoms in total. The van der Waals surface area contributed by atoms with Crippen molar-refractivity contribution in [3.05, 3.63) is 16.0 Å². The number of anilines is 1. The summed E-state index contributed by atoms with van der Waals surface area (Å²) < 4.78 is 5.20. The lowest BCUT2D eigenvalue weighted by atomic mass is 9.84. The molecule has 0 aromatic carbocycles. The van der Waals surface area contributed by atoms with E-state index in [2.05, 4.69) is 33.0 Å². The number of carbonyl (C=O) groups is 2. The SMILES string of the molecule is CCOC(=O)c1c(NC(=O)CC(C)CC(C)(C)C)sc2c1CCC2. The zero-order valence-corrected chi connectivity index (χ0v) is 16.3. The minimum Gasteiger partial charge on any atom is -0.462 e. The molecule has 0 aliphatic heterocycles. The molecule has 0 fully saturated rings. The molecule has 0 bridgehead atoms. The first kappa shape index (κ1) is 19.0. The van der Waals surface area contributed by atoms with Crippen molar-refractivity contribution >= 4 is 28.2 Å². The Balaban J connectivity index is 2.09. The highest BCUT2D eigenvalue weighted by molar-refractivity contribution is 7.17. The van der Waals surface area contributed by atoms with Crippen LogP contribution >= 0.6 is 11.3 Å². The minimum atomic E-state index is -0.310. The van der Waals surface area contributed by atoms with Crippen molar-refractivity contribution in [1.82, 2.24) is 0 Å². The lowest BCUT2D eigenvalue weighted by molar-refractivity contribution is -0.117. The Morgan fingerprint density at radius 3 is 2.62 bits per heavy atom. The van der Waals surface area contributed by atoms with Crippen LogP contribution in [0.25, 0.3) is 0 Å². The Bertz CT molecular complexity index is 613. The molecule has 24 heavy (non-hydrogen) atoms. The number of rotatable bonds is 6. The number of esters is 1. The average molecular weight is 352 g/mol. The molecule has 1 aliphatic carbocycles. The molecule has 1 unspecified atom stereocenters. The fourth-order valence-electron chi connectivity index (χ4n) is 3.52. The standard InChI is InChI=1S/C19H29NO3S/c1-6-23-18(22)16-13-8-7-9-14(13)24-17(16)20-15(21)10-12(2)11-19(3,4)5/h12H,6-11H2,1-5H3,(H,20,21). The van der Waals surface area contributed by atoms with Gasteiger partial charge >= 0.3 is 5.97 Å². The summed E-state index contributed by atoms with van der Waals surface area (Å²) in [5, 5.41) is 3.65. The van der Waals surface area contributed by atoms with Crippen LogP contribution in [-0.2, 0) is 22.4 Å². The lowest BCUT2D eigenvalue weighted by Gasteiger charge is -2.22. The maximum absolute atomic E-state index is 12.4.